The fourth-order valence-electron chi connectivity index (χ4n) is 2.87. The van der Waals surface area contributed by atoms with E-state index in [4.69, 9.17) is 4.74 Å². The molecule has 0 aliphatic carbocycles. The molecule has 0 saturated carbocycles. The van der Waals surface area contributed by atoms with Crippen molar-refractivity contribution < 1.29 is 4.74 Å². The van der Waals surface area contributed by atoms with Crippen LogP contribution in [-0.2, 0) is 13.0 Å². The van der Waals surface area contributed by atoms with Gasteiger partial charge >= 0.3 is 0 Å². The Bertz CT molecular complexity index is 946. The molecule has 0 aliphatic rings. The van der Waals surface area contributed by atoms with Gasteiger partial charge < -0.3 is 9.72 Å². The standard InChI is InChI=1S/C19H17N3OS/c1-13-10-15-16(11-14-4-6-20-7-5-14)18(3-2-17(15)22-13)23-12-19-21-8-9-24-19/h2-10,22H,11-12H2,1H3. The van der Waals surface area contributed by atoms with E-state index < -0.39 is 0 Å². The van der Waals surface area contributed by atoms with Crippen LogP contribution >= 0.6 is 11.3 Å². The molecule has 0 aliphatic heterocycles. The first kappa shape index (κ1) is 14.9. The first-order valence-corrected chi connectivity index (χ1v) is 8.69. The van der Waals surface area contributed by atoms with Gasteiger partial charge in [-0.1, -0.05) is 0 Å². The third-order valence-corrected chi connectivity index (χ3v) is 4.72. The largest absolute Gasteiger partial charge is 0.486 e. The van der Waals surface area contributed by atoms with Crippen molar-refractivity contribution in [2.45, 2.75) is 20.0 Å². The second-order valence-corrected chi connectivity index (χ2v) is 6.68. The maximum Gasteiger partial charge on any atom is 0.140 e. The van der Waals surface area contributed by atoms with E-state index >= 15 is 0 Å². The van der Waals surface area contributed by atoms with Gasteiger partial charge in [-0.2, -0.15) is 0 Å². The van der Waals surface area contributed by atoms with Crippen LogP contribution in [0, 0.1) is 6.92 Å². The van der Waals surface area contributed by atoms with Crippen LogP contribution in [0.1, 0.15) is 21.8 Å². The Kier molecular flexibility index (Phi) is 4.01. The number of H-pyrrole nitrogens is 1. The molecule has 0 amide bonds. The summed E-state index contributed by atoms with van der Waals surface area (Å²) in [6.07, 6.45) is 6.27. The molecule has 3 aromatic heterocycles. The van der Waals surface area contributed by atoms with Gasteiger partial charge in [-0.25, -0.2) is 4.98 Å². The molecule has 0 unspecified atom stereocenters. The topological polar surface area (TPSA) is 50.8 Å². The highest BCUT2D eigenvalue weighted by molar-refractivity contribution is 7.09. The Morgan fingerprint density at radius 1 is 1.12 bits per heavy atom. The number of nitrogens with zero attached hydrogens (tertiary/aromatic N) is 2. The van der Waals surface area contributed by atoms with Crippen LogP contribution in [0.15, 0.2) is 54.3 Å². The van der Waals surface area contributed by atoms with Crippen molar-refractivity contribution in [1.82, 2.24) is 15.0 Å². The highest BCUT2D eigenvalue weighted by Crippen LogP contribution is 2.31. The number of hydrogen-bond acceptors (Lipinski definition) is 4. The van der Waals surface area contributed by atoms with Crippen molar-refractivity contribution in [2.75, 3.05) is 0 Å². The lowest BCUT2D eigenvalue weighted by Gasteiger charge is -2.12. The van der Waals surface area contributed by atoms with E-state index in [-0.39, 0.29) is 0 Å². The van der Waals surface area contributed by atoms with Gasteiger partial charge in [-0.3, -0.25) is 4.98 Å². The van der Waals surface area contributed by atoms with Crippen LogP contribution in [0.3, 0.4) is 0 Å². The molecule has 1 aromatic carbocycles. The number of pyridine rings is 1. The van der Waals surface area contributed by atoms with Crippen LogP contribution < -0.4 is 4.74 Å². The van der Waals surface area contributed by atoms with Crippen molar-refractivity contribution in [3.8, 4) is 5.75 Å². The SMILES string of the molecule is Cc1cc2c(Cc3ccncc3)c(OCc3nccs3)ccc2[nH]1. The number of hydrogen-bond donors (Lipinski definition) is 1. The molecule has 0 radical (unpaired) electrons. The van der Waals surface area contributed by atoms with E-state index in [1.807, 2.05) is 36.0 Å². The Hall–Kier alpha value is -2.66. The molecule has 0 fully saturated rings. The molecule has 120 valence electrons. The predicted octanol–water partition coefficient (Wildman–Crippen LogP) is 4.50. The quantitative estimate of drug-likeness (QED) is 0.584. The van der Waals surface area contributed by atoms with Gasteiger partial charge in [0, 0.05) is 52.6 Å². The third kappa shape index (κ3) is 3.03. The number of aryl methyl sites for hydroxylation is 1. The fourth-order valence-corrected chi connectivity index (χ4v) is 3.40. The molecule has 0 bridgehead atoms. The van der Waals surface area contributed by atoms with Crippen LogP contribution in [0.2, 0.25) is 0 Å². The summed E-state index contributed by atoms with van der Waals surface area (Å²) < 4.78 is 6.09. The Morgan fingerprint density at radius 2 is 2.00 bits per heavy atom. The molecule has 4 rings (SSSR count). The average Bonchev–Trinajstić information content (AvgIpc) is 3.24. The molecule has 0 saturated heterocycles. The van der Waals surface area contributed by atoms with Crippen LogP contribution in [-0.4, -0.2) is 15.0 Å². The minimum Gasteiger partial charge on any atom is -0.486 e. The smallest absolute Gasteiger partial charge is 0.140 e. The van der Waals surface area contributed by atoms with Crippen molar-refractivity contribution in [1.29, 1.82) is 0 Å². The van der Waals surface area contributed by atoms with Gasteiger partial charge in [-0.05, 0) is 42.8 Å². The summed E-state index contributed by atoms with van der Waals surface area (Å²) in [5, 5.41) is 4.16. The van der Waals surface area contributed by atoms with Gasteiger partial charge in [-0.15, -0.1) is 11.3 Å². The fraction of sp³-hybridized carbons (Fsp3) is 0.158. The molecular weight excluding hydrogens is 318 g/mol. The number of aromatic amines is 1. The summed E-state index contributed by atoms with van der Waals surface area (Å²) in [4.78, 5) is 11.8. The summed E-state index contributed by atoms with van der Waals surface area (Å²) in [7, 11) is 0. The van der Waals surface area contributed by atoms with Crippen LogP contribution in [0.25, 0.3) is 10.9 Å². The van der Waals surface area contributed by atoms with Gasteiger partial charge in [0.05, 0.1) is 0 Å². The third-order valence-electron chi connectivity index (χ3n) is 3.97. The zero-order valence-corrected chi connectivity index (χ0v) is 14.1. The maximum absolute atomic E-state index is 6.09. The van der Waals surface area contributed by atoms with E-state index in [2.05, 4.69) is 34.0 Å². The molecule has 0 atom stereocenters. The highest BCUT2D eigenvalue weighted by atomic mass is 32.1. The number of rotatable bonds is 5. The minimum absolute atomic E-state index is 0.496. The highest BCUT2D eigenvalue weighted by Gasteiger charge is 2.12. The first-order chi connectivity index (χ1) is 11.8. The summed E-state index contributed by atoms with van der Waals surface area (Å²) in [5.74, 6) is 0.911. The summed E-state index contributed by atoms with van der Waals surface area (Å²) >= 11 is 1.61. The lowest BCUT2D eigenvalue weighted by molar-refractivity contribution is 0.303. The zero-order chi connectivity index (χ0) is 16.4. The Morgan fingerprint density at radius 3 is 2.79 bits per heavy atom. The molecule has 4 aromatic rings. The predicted molar refractivity (Wildman–Crippen MR) is 96.5 cm³/mol. The first-order valence-electron chi connectivity index (χ1n) is 7.81. The molecule has 24 heavy (non-hydrogen) atoms. The summed E-state index contributed by atoms with van der Waals surface area (Å²) in [6.45, 7) is 2.57. The number of thiazole rings is 1. The normalized spacial score (nSPS) is 11.0. The zero-order valence-electron chi connectivity index (χ0n) is 13.3. The Balaban J connectivity index is 1.72. The average molecular weight is 335 g/mol. The molecule has 5 heteroatoms. The number of fused-ring (bicyclic) bond motifs is 1. The Labute approximate surface area is 144 Å². The van der Waals surface area contributed by atoms with Gasteiger partial charge in [0.25, 0.3) is 0 Å². The van der Waals surface area contributed by atoms with Crippen LogP contribution in [0.4, 0.5) is 0 Å². The number of benzene rings is 1. The molecule has 0 spiro atoms. The van der Waals surface area contributed by atoms with Gasteiger partial charge in [0.1, 0.15) is 17.4 Å². The lowest BCUT2D eigenvalue weighted by Crippen LogP contribution is -2.00. The van der Waals surface area contributed by atoms with Crippen molar-refractivity contribution in [3.05, 3.63) is 76.1 Å². The minimum atomic E-state index is 0.496. The van der Waals surface area contributed by atoms with Crippen LogP contribution in [0.5, 0.6) is 5.75 Å². The van der Waals surface area contributed by atoms with E-state index in [0.717, 1.165) is 28.4 Å². The second kappa shape index (κ2) is 6.45. The van der Waals surface area contributed by atoms with E-state index in [1.54, 1.807) is 17.5 Å². The molecule has 3 heterocycles. The number of ether oxygens (including phenoxy) is 1. The van der Waals surface area contributed by atoms with E-state index in [0.29, 0.717) is 6.61 Å². The maximum atomic E-state index is 6.09. The second-order valence-electron chi connectivity index (χ2n) is 5.70. The number of nitrogens with one attached hydrogen (secondary N) is 1. The number of aromatic nitrogens is 3. The molecule has 4 nitrogen and oxygen atoms in total. The van der Waals surface area contributed by atoms with Gasteiger partial charge in [0.15, 0.2) is 0 Å². The van der Waals surface area contributed by atoms with Crippen molar-refractivity contribution in [2.24, 2.45) is 0 Å². The summed E-state index contributed by atoms with van der Waals surface area (Å²) in [5.41, 5.74) is 4.70. The lowest BCUT2D eigenvalue weighted by atomic mass is 10.0. The summed E-state index contributed by atoms with van der Waals surface area (Å²) in [6, 6.07) is 10.4. The van der Waals surface area contributed by atoms with Crippen molar-refractivity contribution in [3.63, 3.8) is 0 Å². The van der Waals surface area contributed by atoms with E-state index in [9.17, 15) is 0 Å². The van der Waals surface area contributed by atoms with Gasteiger partial charge in [0.2, 0.25) is 0 Å². The molecular formula is C19H17N3OS. The molecule has 1 N–H and O–H groups in total. The van der Waals surface area contributed by atoms with E-state index in [1.165, 1.54) is 16.5 Å². The monoisotopic (exact) mass is 335 g/mol. The van der Waals surface area contributed by atoms with Crippen molar-refractivity contribution >= 4 is 22.2 Å².